The summed E-state index contributed by atoms with van der Waals surface area (Å²) in [5, 5.41) is 0.806. The molecule has 1 aromatic heterocycles. The fourth-order valence-corrected chi connectivity index (χ4v) is 2.88. The molecule has 104 valence electrons. The summed E-state index contributed by atoms with van der Waals surface area (Å²) in [6.07, 6.45) is 1.65. The molecular formula is C17H14N2OS. The van der Waals surface area contributed by atoms with E-state index in [0.717, 1.165) is 10.8 Å². The Kier molecular flexibility index (Phi) is 3.79. The number of hydrogen-bond acceptors (Lipinski definition) is 4. The summed E-state index contributed by atoms with van der Waals surface area (Å²) < 4.78 is 0. The number of rotatable bonds is 4. The van der Waals surface area contributed by atoms with Gasteiger partial charge in [0, 0.05) is 18.3 Å². The molecule has 21 heavy (non-hydrogen) atoms. The second-order valence-corrected chi connectivity index (χ2v) is 5.61. The first-order chi connectivity index (χ1) is 10.3. The minimum atomic E-state index is 0.0146. The molecule has 4 heteroatoms. The molecule has 2 aromatic carbocycles. The van der Waals surface area contributed by atoms with Crippen molar-refractivity contribution in [2.75, 3.05) is 11.9 Å². The van der Waals surface area contributed by atoms with Gasteiger partial charge < -0.3 is 4.90 Å². The predicted octanol–water partition coefficient (Wildman–Crippen LogP) is 4.14. The lowest BCUT2D eigenvalue weighted by atomic mass is 10.1. The zero-order valence-corrected chi connectivity index (χ0v) is 12.4. The molecule has 0 bridgehead atoms. The fraction of sp³-hybridized carbons (Fsp3) is 0.0588. The molecule has 0 N–H and O–H groups in total. The number of nitrogens with zero attached hydrogens (tertiary/aromatic N) is 2. The van der Waals surface area contributed by atoms with Crippen molar-refractivity contribution in [2.45, 2.75) is 0 Å². The number of anilines is 2. The summed E-state index contributed by atoms with van der Waals surface area (Å²) in [5.74, 6) is 0.0146. The van der Waals surface area contributed by atoms with Gasteiger partial charge in [0.25, 0.3) is 0 Å². The number of aromatic nitrogens is 1. The minimum Gasteiger partial charge on any atom is -0.321 e. The smallest absolute Gasteiger partial charge is 0.204 e. The molecule has 0 radical (unpaired) electrons. The fourth-order valence-electron chi connectivity index (χ4n) is 2.02. The summed E-state index contributed by atoms with van der Waals surface area (Å²) in [7, 11) is 1.95. The molecule has 3 aromatic rings. The first kappa shape index (κ1) is 13.5. The molecule has 0 saturated carbocycles. The van der Waals surface area contributed by atoms with Crippen LogP contribution in [-0.4, -0.2) is 17.8 Å². The van der Waals surface area contributed by atoms with E-state index in [1.165, 1.54) is 11.3 Å². The molecule has 3 rings (SSSR count). The molecule has 0 saturated heterocycles. The largest absolute Gasteiger partial charge is 0.321 e. The van der Waals surface area contributed by atoms with Crippen LogP contribution in [0, 0.1) is 0 Å². The van der Waals surface area contributed by atoms with Crippen LogP contribution < -0.4 is 4.90 Å². The summed E-state index contributed by atoms with van der Waals surface area (Å²) >= 11 is 1.40. The monoisotopic (exact) mass is 294 g/mol. The standard InChI is InChI=1S/C17H14N2OS/c1-19(14-10-6-3-7-11-14)17-18-12-15(21-17)16(20)13-8-4-2-5-9-13/h2-12H,1H3. The third kappa shape index (κ3) is 2.85. The van der Waals surface area contributed by atoms with E-state index in [9.17, 15) is 4.79 Å². The zero-order chi connectivity index (χ0) is 14.7. The Hall–Kier alpha value is -2.46. The van der Waals surface area contributed by atoms with Crippen molar-refractivity contribution in [1.82, 2.24) is 4.98 Å². The second kappa shape index (κ2) is 5.89. The van der Waals surface area contributed by atoms with Crippen LogP contribution in [0.15, 0.2) is 66.9 Å². The molecule has 0 unspecified atom stereocenters. The average molecular weight is 294 g/mol. The van der Waals surface area contributed by atoms with Gasteiger partial charge in [0.05, 0.1) is 11.1 Å². The van der Waals surface area contributed by atoms with Gasteiger partial charge in [0.1, 0.15) is 0 Å². The van der Waals surface area contributed by atoms with Gasteiger partial charge >= 0.3 is 0 Å². The topological polar surface area (TPSA) is 33.2 Å². The third-order valence-electron chi connectivity index (χ3n) is 3.18. The van der Waals surface area contributed by atoms with E-state index >= 15 is 0 Å². The van der Waals surface area contributed by atoms with E-state index < -0.39 is 0 Å². The van der Waals surface area contributed by atoms with Gasteiger partial charge in [-0.15, -0.1) is 0 Å². The Morgan fingerprint density at radius 3 is 2.29 bits per heavy atom. The summed E-state index contributed by atoms with van der Waals surface area (Å²) in [6, 6.07) is 19.2. The maximum Gasteiger partial charge on any atom is 0.204 e. The van der Waals surface area contributed by atoms with E-state index in [1.54, 1.807) is 6.20 Å². The van der Waals surface area contributed by atoms with Crippen molar-refractivity contribution in [3.8, 4) is 0 Å². The molecule has 3 nitrogen and oxygen atoms in total. The minimum absolute atomic E-state index is 0.0146. The summed E-state index contributed by atoms with van der Waals surface area (Å²) in [5.41, 5.74) is 1.74. The quantitative estimate of drug-likeness (QED) is 0.678. The van der Waals surface area contributed by atoms with Crippen LogP contribution in [0.1, 0.15) is 15.2 Å². The van der Waals surface area contributed by atoms with Gasteiger partial charge in [-0.1, -0.05) is 59.9 Å². The van der Waals surface area contributed by atoms with Crippen LogP contribution in [0.4, 0.5) is 10.8 Å². The number of ketones is 1. The normalized spacial score (nSPS) is 10.3. The maximum atomic E-state index is 12.4. The Morgan fingerprint density at radius 2 is 1.62 bits per heavy atom. The van der Waals surface area contributed by atoms with Crippen LogP contribution in [0.3, 0.4) is 0 Å². The van der Waals surface area contributed by atoms with E-state index in [-0.39, 0.29) is 5.78 Å². The lowest BCUT2D eigenvalue weighted by Gasteiger charge is -2.15. The van der Waals surface area contributed by atoms with Crippen molar-refractivity contribution in [3.05, 3.63) is 77.3 Å². The van der Waals surface area contributed by atoms with Gasteiger partial charge in [0.2, 0.25) is 5.78 Å². The number of benzene rings is 2. The predicted molar refractivity (Wildman–Crippen MR) is 86.5 cm³/mol. The average Bonchev–Trinajstić information content (AvgIpc) is 3.05. The van der Waals surface area contributed by atoms with Gasteiger partial charge in [-0.25, -0.2) is 4.98 Å². The number of para-hydroxylation sites is 1. The Labute approximate surface area is 127 Å². The lowest BCUT2D eigenvalue weighted by Crippen LogP contribution is -2.08. The third-order valence-corrected chi connectivity index (χ3v) is 4.26. The molecule has 1 heterocycles. The maximum absolute atomic E-state index is 12.4. The highest BCUT2D eigenvalue weighted by Gasteiger charge is 2.15. The number of carbonyl (C=O) groups excluding carboxylic acids is 1. The Balaban J connectivity index is 1.85. The van der Waals surface area contributed by atoms with Gasteiger partial charge in [0.15, 0.2) is 5.13 Å². The lowest BCUT2D eigenvalue weighted by molar-refractivity contribution is 0.104. The second-order valence-electron chi connectivity index (χ2n) is 4.60. The van der Waals surface area contributed by atoms with E-state index in [1.807, 2.05) is 72.6 Å². The molecule has 0 spiro atoms. The molecule has 0 aliphatic carbocycles. The molecule has 0 atom stereocenters. The molecular weight excluding hydrogens is 280 g/mol. The van der Waals surface area contributed by atoms with Crippen LogP contribution >= 0.6 is 11.3 Å². The van der Waals surface area contributed by atoms with Crippen molar-refractivity contribution in [2.24, 2.45) is 0 Å². The van der Waals surface area contributed by atoms with Crippen molar-refractivity contribution < 1.29 is 4.79 Å². The zero-order valence-electron chi connectivity index (χ0n) is 11.6. The van der Waals surface area contributed by atoms with Gasteiger partial charge in [-0.05, 0) is 12.1 Å². The SMILES string of the molecule is CN(c1ccccc1)c1ncc(C(=O)c2ccccc2)s1. The van der Waals surface area contributed by atoms with Crippen LogP contribution in [0.2, 0.25) is 0 Å². The number of hydrogen-bond donors (Lipinski definition) is 0. The van der Waals surface area contributed by atoms with Crippen LogP contribution in [0.5, 0.6) is 0 Å². The van der Waals surface area contributed by atoms with Gasteiger partial charge in [-0.2, -0.15) is 0 Å². The first-order valence-corrected chi connectivity index (χ1v) is 7.42. The Bertz CT molecular complexity index is 738. The van der Waals surface area contributed by atoms with Crippen LogP contribution in [0.25, 0.3) is 0 Å². The van der Waals surface area contributed by atoms with Crippen molar-refractivity contribution >= 4 is 27.9 Å². The van der Waals surface area contributed by atoms with Crippen molar-refractivity contribution in [3.63, 3.8) is 0 Å². The highest BCUT2D eigenvalue weighted by molar-refractivity contribution is 7.17. The van der Waals surface area contributed by atoms with E-state index in [0.29, 0.717) is 10.4 Å². The van der Waals surface area contributed by atoms with Crippen molar-refractivity contribution in [1.29, 1.82) is 0 Å². The van der Waals surface area contributed by atoms with E-state index in [4.69, 9.17) is 0 Å². The highest BCUT2D eigenvalue weighted by Crippen LogP contribution is 2.28. The Morgan fingerprint density at radius 1 is 1.00 bits per heavy atom. The molecule has 0 amide bonds. The van der Waals surface area contributed by atoms with Gasteiger partial charge in [-0.3, -0.25) is 4.79 Å². The first-order valence-electron chi connectivity index (χ1n) is 6.60. The summed E-state index contributed by atoms with van der Waals surface area (Å²) in [6.45, 7) is 0. The highest BCUT2D eigenvalue weighted by atomic mass is 32.1. The van der Waals surface area contributed by atoms with Crippen LogP contribution in [-0.2, 0) is 0 Å². The summed E-state index contributed by atoms with van der Waals surface area (Å²) in [4.78, 5) is 19.4. The molecule has 0 aliphatic rings. The molecule has 0 fully saturated rings. The number of carbonyl (C=O) groups is 1. The number of thiazole rings is 1. The molecule has 0 aliphatic heterocycles. The van der Waals surface area contributed by atoms with E-state index in [2.05, 4.69) is 4.98 Å².